The highest BCUT2D eigenvalue weighted by Crippen LogP contribution is 2.24. The number of hydrogen-bond acceptors (Lipinski definition) is 6. The molecule has 3 heterocycles. The van der Waals surface area contributed by atoms with Crippen LogP contribution in [0.1, 0.15) is 23.3 Å². The molecule has 1 aromatic carbocycles. The second-order valence-corrected chi connectivity index (χ2v) is 7.32. The Labute approximate surface area is 165 Å². The van der Waals surface area contributed by atoms with Crippen LogP contribution in [0.15, 0.2) is 42.0 Å². The quantitative estimate of drug-likeness (QED) is 0.690. The summed E-state index contributed by atoms with van der Waals surface area (Å²) in [7, 11) is 1.83. The number of anilines is 2. The van der Waals surface area contributed by atoms with Gasteiger partial charge >= 0.3 is 0 Å². The molecule has 144 valence electrons. The molecule has 1 saturated heterocycles. The van der Waals surface area contributed by atoms with Crippen molar-refractivity contribution in [2.24, 2.45) is 7.05 Å². The molecule has 2 N–H and O–H groups in total. The molecule has 9 heteroatoms. The monoisotopic (exact) mass is 397 g/mol. The van der Waals surface area contributed by atoms with Crippen LogP contribution in [0.2, 0.25) is 0 Å². The van der Waals surface area contributed by atoms with Gasteiger partial charge in [-0.3, -0.25) is 14.3 Å². The maximum absolute atomic E-state index is 12.4. The van der Waals surface area contributed by atoms with Crippen LogP contribution >= 0.6 is 11.3 Å². The fraction of sp³-hybridized carbons (Fsp3) is 0.263. The number of nitrogens with zero attached hydrogens (tertiary/aromatic N) is 3. The minimum Gasteiger partial charge on any atom is -0.368 e. The predicted octanol–water partition coefficient (Wildman–Crippen LogP) is 2.91. The molecule has 1 unspecified atom stereocenters. The van der Waals surface area contributed by atoms with Gasteiger partial charge in [0.2, 0.25) is 0 Å². The van der Waals surface area contributed by atoms with Crippen molar-refractivity contribution in [3.63, 3.8) is 0 Å². The third-order valence-corrected chi connectivity index (χ3v) is 5.21. The largest absolute Gasteiger partial charge is 0.368 e. The lowest BCUT2D eigenvalue weighted by molar-refractivity contribution is -0.124. The van der Waals surface area contributed by atoms with Gasteiger partial charge in [-0.25, -0.2) is 4.98 Å². The molecule has 0 bridgehead atoms. The zero-order valence-corrected chi connectivity index (χ0v) is 16.0. The van der Waals surface area contributed by atoms with Gasteiger partial charge in [-0.15, -0.1) is 11.3 Å². The second-order valence-electron chi connectivity index (χ2n) is 6.46. The highest BCUT2D eigenvalue weighted by atomic mass is 32.1. The summed E-state index contributed by atoms with van der Waals surface area (Å²) in [6.07, 6.45) is 4.84. The molecule has 2 aromatic heterocycles. The Morgan fingerprint density at radius 3 is 2.61 bits per heavy atom. The number of thiazole rings is 1. The normalized spacial score (nSPS) is 16.1. The Bertz CT molecular complexity index is 989. The zero-order chi connectivity index (χ0) is 19.5. The molecule has 2 amide bonds. The van der Waals surface area contributed by atoms with Crippen molar-refractivity contribution in [3.05, 3.63) is 47.7 Å². The van der Waals surface area contributed by atoms with E-state index in [4.69, 9.17) is 4.74 Å². The summed E-state index contributed by atoms with van der Waals surface area (Å²) in [5.74, 6) is -0.428. The lowest BCUT2D eigenvalue weighted by Gasteiger charge is -2.11. The number of aryl methyl sites for hydroxylation is 1. The first-order valence-electron chi connectivity index (χ1n) is 8.87. The van der Waals surface area contributed by atoms with E-state index < -0.39 is 0 Å². The van der Waals surface area contributed by atoms with Crippen LogP contribution < -0.4 is 10.6 Å². The minimum atomic E-state index is -0.377. The number of benzene rings is 1. The van der Waals surface area contributed by atoms with Gasteiger partial charge in [0.25, 0.3) is 11.8 Å². The summed E-state index contributed by atoms with van der Waals surface area (Å²) in [5, 5.41) is 12.2. The number of carbonyl (C=O) groups is 2. The molecule has 4 rings (SSSR count). The Kier molecular flexibility index (Phi) is 5.18. The van der Waals surface area contributed by atoms with Crippen LogP contribution in [0.25, 0.3) is 10.6 Å². The summed E-state index contributed by atoms with van der Waals surface area (Å²) in [5.41, 5.74) is 2.50. The first kappa shape index (κ1) is 18.3. The van der Waals surface area contributed by atoms with Crippen molar-refractivity contribution in [1.29, 1.82) is 0 Å². The average molecular weight is 397 g/mol. The number of rotatable bonds is 5. The maximum Gasteiger partial charge on any atom is 0.275 e. The molecule has 1 atom stereocenters. The Hall–Kier alpha value is -3.04. The van der Waals surface area contributed by atoms with Gasteiger partial charge in [0.05, 0.1) is 6.20 Å². The van der Waals surface area contributed by atoms with E-state index in [0.29, 0.717) is 23.7 Å². The van der Waals surface area contributed by atoms with Gasteiger partial charge in [0.1, 0.15) is 16.8 Å². The van der Waals surface area contributed by atoms with E-state index in [-0.39, 0.29) is 17.9 Å². The van der Waals surface area contributed by atoms with Gasteiger partial charge < -0.3 is 15.4 Å². The standard InChI is InChI=1S/C19H19N5O3S/c1-24-10-12(9-20-24)19-23-15(11-28-19)17(25)21-13-4-6-14(7-5-13)22-18(26)16-3-2-8-27-16/h4-7,9-11,16H,2-3,8H2,1H3,(H,21,25)(H,22,26). The summed E-state index contributed by atoms with van der Waals surface area (Å²) in [6.45, 7) is 0.627. The molecule has 1 aliphatic heterocycles. The molecular weight excluding hydrogens is 378 g/mol. The highest BCUT2D eigenvalue weighted by molar-refractivity contribution is 7.13. The lowest BCUT2D eigenvalue weighted by atomic mass is 10.2. The van der Waals surface area contributed by atoms with E-state index in [1.54, 1.807) is 40.5 Å². The van der Waals surface area contributed by atoms with Crippen LogP contribution in [0, 0.1) is 0 Å². The highest BCUT2D eigenvalue weighted by Gasteiger charge is 2.23. The van der Waals surface area contributed by atoms with Crippen molar-refractivity contribution in [2.75, 3.05) is 17.2 Å². The van der Waals surface area contributed by atoms with E-state index in [2.05, 4.69) is 20.7 Å². The van der Waals surface area contributed by atoms with Gasteiger partial charge in [0, 0.05) is 42.2 Å². The van der Waals surface area contributed by atoms with Crippen molar-refractivity contribution in [3.8, 4) is 10.6 Å². The number of ether oxygens (including phenoxy) is 1. The van der Waals surface area contributed by atoms with Gasteiger partial charge in [-0.1, -0.05) is 0 Å². The molecule has 1 fully saturated rings. The van der Waals surface area contributed by atoms with Crippen LogP contribution in [-0.2, 0) is 16.6 Å². The van der Waals surface area contributed by atoms with Crippen LogP contribution in [0.3, 0.4) is 0 Å². The van der Waals surface area contributed by atoms with E-state index in [9.17, 15) is 9.59 Å². The molecule has 0 spiro atoms. The number of amides is 2. The minimum absolute atomic E-state index is 0.139. The summed E-state index contributed by atoms with van der Waals surface area (Å²) in [4.78, 5) is 28.9. The van der Waals surface area contributed by atoms with Crippen LogP contribution in [0.4, 0.5) is 11.4 Å². The van der Waals surface area contributed by atoms with Crippen molar-refractivity contribution >= 4 is 34.5 Å². The number of carbonyl (C=O) groups excluding carboxylic acids is 2. The van der Waals surface area contributed by atoms with Crippen LogP contribution in [-0.4, -0.2) is 39.3 Å². The Morgan fingerprint density at radius 2 is 1.96 bits per heavy atom. The Balaban J connectivity index is 1.37. The first-order chi connectivity index (χ1) is 13.6. The predicted molar refractivity (Wildman–Crippen MR) is 106 cm³/mol. The average Bonchev–Trinajstić information content (AvgIpc) is 3.44. The van der Waals surface area contributed by atoms with Crippen molar-refractivity contribution < 1.29 is 14.3 Å². The van der Waals surface area contributed by atoms with Crippen molar-refractivity contribution in [1.82, 2.24) is 14.8 Å². The smallest absolute Gasteiger partial charge is 0.275 e. The molecule has 8 nitrogen and oxygen atoms in total. The first-order valence-corrected chi connectivity index (χ1v) is 9.75. The lowest BCUT2D eigenvalue weighted by Crippen LogP contribution is -2.26. The van der Waals surface area contributed by atoms with E-state index in [1.807, 2.05) is 13.2 Å². The Morgan fingerprint density at radius 1 is 1.21 bits per heavy atom. The number of hydrogen-bond donors (Lipinski definition) is 2. The van der Waals surface area contributed by atoms with Crippen molar-refractivity contribution in [2.45, 2.75) is 18.9 Å². The molecule has 3 aromatic rings. The molecular formula is C19H19N5O3S. The summed E-state index contributed by atoms with van der Waals surface area (Å²) < 4.78 is 7.06. The van der Waals surface area contributed by atoms with Gasteiger partial charge in [0.15, 0.2) is 0 Å². The van der Waals surface area contributed by atoms with Gasteiger partial charge in [-0.05, 0) is 37.1 Å². The number of nitrogens with one attached hydrogen (secondary N) is 2. The zero-order valence-electron chi connectivity index (χ0n) is 15.2. The van der Waals surface area contributed by atoms with E-state index >= 15 is 0 Å². The van der Waals surface area contributed by atoms with E-state index in [1.165, 1.54) is 11.3 Å². The third-order valence-electron chi connectivity index (χ3n) is 4.32. The molecule has 0 radical (unpaired) electrons. The summed E-state index contributed by atoms with van der Waals surface area (Å²) >= 11 is 1.39. The van der Waals surface area contributed by atoms with Crippen LogP contribution in [0.5, 0.6) is 0 Å². The van der Waals surface area contributed by atoms with Gasteiger partial charge in [-0.2, -0.15) is 5.10 Å². The SMILES string of the molecule is Cn1cc(-c2nc(C(=O)Nc3ccc(NC(=O)C4CCCO4)cc3)cs2)cn1. The second kappa shape index (κ2) is 7.91. The molecule has 0 saturated carbocycles. The molecule has 28 heavy (non-hydrogen) atoms. The summed E-state index contributed by atoms with van der Waals surface area (Å²) in [6, 6.07) is 6.95. The third kappa shape index (κ3) is 4.10. The fourth-order valence-corrected chi connectivity index (χ4v) is 3.66. The number of aromatic nitrogens is 3. The molecule has 1 aliphatic rings. The van der Waals surface area contributed by atoms with E-state index in [0.717, 1.165) is 23.4 Å². The topological polar surface area (TPSA) is 98.1 Å². The molecule has 0 aliphatic carbocycles. The maximum atomic E-state index is 12.4. The fourth-order valence-electron chi connectivity index (χ4n) is 2.88.